The van der Waals surface area contributed by atoms with E-state index in [-0.39, 0.29) is 6.10 Å². The van der Waals surface area contributed by atoms with Crippen LogP contribution in [0.2, 0.25) is 0 Å². The fourth-order valence-electron chi connectivity index (χ4n) is 0.682. The lowest BCUT2D eigenvalue weighted by Gasteiger charge is -2.07. The van der Waals surface area contributed by atoms with Crippen molar-refractivity contribution in [3.63, 3.8) is 0 Å². The van der Waals surface area contributed by atoms with Crippen LogP contribution in [0.1, 0.15) is 33.1 Å². The van der Waals surface area contributed by atoms with Crippen LogP contribution in [0.4, 0.5) is 4.39 Å². The zero-order valence-electron chi connectivity index (χ0n) is 6.19. The number of ether oxygens (including phenoxy) is 1. The summed E-state index contributed by atoms with van der Waals surface area (Å²) in [6, 6.07) is 0. The zero-order chi connectivity index (χ0) is 7.11. The molecule has 2 heteroatoms. The molecule has 0 unspecified atom stereocenters. The highest BCUT2D eigenvalue weighted by Crippen LogP contribution is 2.02. The molecule has 0 saturated carbocycles. The quantitative estimate of drug-likeness (QED) is 0.561. The van der Waals surface area contributed by atoms with Crippen LogP contribution in [0.25, 0.3) is 0 Å². The van der Waals surface area contributed by atoms with Crippen LogP contribution in [0.5, 0.6) is 0 Å². The Kier molecular flexibility index (Phi) is 5.94. The molecule has 0 aliphatic rings. The summed E-state index contributed by atoms with van der Waals surface area (Å²) in [4.78, 5) is 0. The summed E-state index contributed by atoms with van der Waals surface area (Å²) in [7, 11) is 0. The molecule has 0 amide bonds. The Morgan fingerprint density at radius 1 is 1.56 bits per heavy atom. The minimum absolute atomic E-state index is 0.0925. The molecule has 0 bridgehead atoms. The highest BCUT2D eigenvalue weighted by atomic mass is 19.1. The molecule has 0 aromatic carbocycles. The first-order valence-corrected chi connectivity index (χ1v) is 3.48. The molecule has 0 aromatic heterocycles. The summed E-state index contributed by atoms with van der Waals surface area (Å²) in [6.07, 6.45) is 3.34. The molecule has 56 valence electrons. The van der Waals surface area contributed by atoms with Crippen molar-refractivity contribution in [2.24, 2.45) is 0 Å². The van der Waals surface area contributed by atoms with Gasteiger partial charge in [0.2, 0.25) is 0 Å². The van der Waals surface area contributed by atoms with Crippen LogP contribution in [0.3, 0.4) is 0 Å². The van der Waals surface area contributed by atoms with Crippen molar-refractivity contribution >= 4 is 0 Å². The summed E-state index contributed by atoms with van der Waals surface area (Å²) in [5.41, 5.74) is 0. The highest BCUT2D eigenvalue weighted by molar-refractivity contribution is 4.47. The Bertz CT molecular complexity index is 56.9. The molecule has 9 heavy (non-hydrogen) atoms. The molecule has 0 saturated heterocycles. The van der Waals surface area contributed by atoms with Gasteiger partial charge in [0, 0.05) is 0 Å². The van der Waals surface area contributed by atoms with Crippen molar-refractivity contribution < 1.29 is 9.13 Å². The number of rotatable bonds is 5. The van der Waals surface area contributed by atoms with Crippen LogP contribution in [-0.2, 0) is 4.74 Å². The van der Waals surface area contributed by atoms with Crippen molar-refractivity contribution in [2.75, 3.05) is 6.86 Å². The van der Waals surface area contributed by atoms with Crippen LogP contribution < -0.4 is 0 Å². The molecular weight excluding hydrogens is 119 g/mol. The first kappa shape index (κ1) is 8.89. The Morgan fingerprint density at radius 2 is 2.22 bits per heavy atom. The van der Waals surface area contributed by atoms with E-state index in [2.05, 4.69) is 11.7 Å². The monoisotopic (exact) mass is 134 g/mol. The molecule has 0 spiro atoms. The van der Waals surface area contributed by atoms with Crippen molar-refractivity contribution in [2.45, 2.75) is 39.2 Å². The Labute approximate surface area is 56.2 Å². The number of unbranched alkanes of at least 4 members (excludes halogenated alkanes) is 1. The van der Waals surface area contributed by atoms with E-state index in [9.17, 15) is 4.39 Å². The first-order valence-electron chi connectivity index (χ1n) is 3.48. The van der Waals surface area contributed by atoms with Gasteiger partial charge in [-0.3, -0.25) is 0 Å². The molecule has 0 aromatic rings. The van der Waals surface area contributed by atoms with Crippen LogP contribution >= 0.6 is 0 Å². The third kappa shape index (κ3) is 5.77. The fraction of sp³-hybridized carbons (Fsp3) is 1.00. The zero-order valence-corrected chi connectivity index (χ0v) is 6.19. The lowest BCUT2D eigenvalue weighted by molar-refractivity contribution is 0.000661. The summed E-state index contributed by atoms with van der Waals surface area (Å²) < 4.78 is 16.1. The summed E-state index contributed by atoms with van der Waals surface area (Å²) >= 11 is 0. The average molecular weight is 134 g/mol. The van der Waals surface area contributed by atoms with Gasteiger partial charge in [-0.05, 0) is 13.3 Å². The smallest absolute Gasteiger partial charge is 0.188 e. The third-order valence-electron chi connectivity index (χ3n) is 1.31. The van der Waals surface area contributed by atoms with E-state index in [1.165, 1.54) is 0 Å². The number of halogens is 1. The average Bonchev–Trinajstić information content (AvgIpc) is 1.85. The minimum atomic E-state index is -0.648. The second-order valence-corrected chi connectivity index (χ2v) is 2.23. The lowest BCUT2D eigenvalue weighted by Crippen LogP contribution is -2.06. The van der Waals surface area contributed by atoms with E-state index in [4.69, 9.17) is 0 Å². The minimum Gasteiger partial charge on any atom is -0.348 e. The van der Waals surface area contributed by atoms with E-state index in [0.717, 1.165) is 19.3 Å². The molecule has 0 fully saturated rings. The number of hydrogen-bond donors (Lipinski definition) is 0. The second-order valence-electron chi connectivity index (χ2n) is 2.23. The molecule has 0 aliphatic heterocycles. The Balaban J connectivity index is 2.95. The highest BCUT2D eigenvalue weighted by Gasteiger charge is 1.98. The van der Waals surface area contributed by atoms with E-state index in [1.54, 1.807) is 0 Å². The summed E-state index contributed by atoms with van der Waals surface area (Å²) in [5.74, 6) is 0. The Hall–Kier alpha value is -0.110. The maximum absolute atomic E-state index is 11.4. The molecule has 0 aliphatic carbocycles. The van der Waals surface area contributed by atoms with Crippen molar-refractivity contribution in [1.82, 2.24) is 0 Å². The second kappa shape index (κ2) is 6.02. The number of alkyl halides is 1. The van der Waals surface area contributed by atoms with E-state index >= 15 is 0 Å². The largest absolute Gasteiger partial charge is 0.348 e. The van der Waals surface area contributed by atoms with Gasteiger partial charge in [0.1, 0.15) is 0 Å². The van der Waals surface area contributed by atoms with Gasteiger partial charge in [0.05, 0.1) is 6.10 Å². The third-order valence-corrected chi connectivity index (χ3v) is 1.31. The van der Waals surface area contributed by atoms with Crippen molar-refractivity contribution in [3.8, 4) is 0 Å². The summed E-state index contributed by atoms with van der Waals surface area (Å²) in [6.45, 7) is 3.36. The van der Waals surface area contributed by atoms with Gasteiger partial charge in [0.25, 0.3) is 0 Å². The predicted octanol–water partition coefficient (Wildman–Crippen LogP) is 2.51. The normalized spacial score (nSPS) is 13.7. The first-order chi connectivity index (χ1) is 4.31. The molecule has 0 heterocycles. The van der Waals surface area contributed by atoms with Gasteiger partial charge in [-0.2, -0.15) is 0 Å². The van der Waals surface area contributed by atoms with Crippen LogP contribution in [-0.4, -0.2) is 13.0 Å². The van der Waals surface area contributed by atoms with E-state index in [0.29, 0.717) is 0 Å². The van der Waals surface area contributed by atoms with Crippen molar-refractivity contribution in [1.29, 1.82) is 0 Å². The molecule has 0 radical (unpaired) electrons. The molecule has 0 N–H and O–H groups in total. The standard InChI is InChI=1S/C7H15FO/c1-3-4-5-7(2)9-6-8/h7H,3-6H2,1-2H3/t7-/m0/s1. The number of hydrogen-bond acceptors (Lipinski definition) is 1. The van der Waals surface area contributed by atoms with Crippen LogP contribution in [0.15, 0.2) is 0 Å². The Morgan fingerprint density at radius 3 is 2.67 bits per heavy atom. The van der Waals surface area contributed by atoms with Crippen molar-refractivity contribution in [3.05, 3.63) is 0 Å². The van der Waals surface area contributed by atoms with Gasteiger partial charge in [0.15, 0.2) is 6.86 Å². The molecule has 0 rings (SSSR count). The van der Waals surface area contributed by atoms with Gasteiger partial charge in [-0.25, -0.2) is 4.39 Å². The van der Waals surface area contributed by atoms with Gasteiger partial charge >= 0.3 is 0 Å². The maximum Gasteiger partial charge on any atom is 0.188 e. The molecule has 1 nitrogen and oxygen atoms in total. The fourth-order valence-corrected chi connectivity index (χ4v) is 0.682. The summed E-state index contributed by atoms with van der Waals surface area (Å²) in [5, 5.41) is 0. The lowest BCUT2D eigenvalue weighted by atomic mass is 10.2. The van der Waals surface area contributed by atoms with E-state index in [1.807, 2.05) is 6.92 Å². The van der Waals surface area contributed by atoms with E-state index < -0.39 is 6.86 Å². The van der Waals surface area contributed by atoms with Crippen LogP contribution in [0, 0.1) is 0 Å². The predicted molar refractivity (Wildman–Crippen MR) is 36.0 cm³/mol. The van der Waals surface area contributed by atoms with Gasteiger partial charge < -0.3 is 4.74 Å². The molecule has 1 atom stereocenters. The molecular formula is C7H15FO. The SMILES string of the molecule is CCCC[C@H](C)OCF. The topological polar surface area (TPSA) is 9.23 Å². The van der Waals surface area contributed by atoms with Gasteiger partial charge in [-0.1, -0.05) is 19.8 Å². The maximum atomic E-state index is 11.4. The van der Waals surface area contributed by atoms with Gasteiger partial charge in [-0.15, -0.1) is 0 Å².